The Hall–Kier alpha value is -1.42. The van der Waals surface area contributed by atoms with Crippen molar-refractivity contribution in [2.24, 2.45) is 7.05 Å². The van der Waals surface area contributed by atoms with Crippen LogP contribution in [0.15, 0.2) is 24.3 Å². The Kier molecular flexibility index (Phi) is 2.91. The van der Waals surface area contributed by atoms with Crippen LogP contribution in [0.1, 0.15) is 26.3 Å². The van der Waals surface area contributed by atoms with Gasteiger partial charge in [-0.3, -0.25) is 0 Å². The quantitative estimate of drug-likeness (QED) is 0.591. The highest BCUT2D eigenvalue weighted by atomic mass is 32.1. The van der Waals surface area contributed by atoms with Gasteiger partial charge < -0.3 is 0 Å². The van der Waals surface area contributed by atoms with Crippen LogP contribution in [0.25, 0.3) is 11.4 Å². The van der Waals surface area contributed by atoms with Crippen LogP contribution in [0.4, 0.5) is 0 Å². The van der Waals surface area contributed by atoms with Crippen LogP contribution in [0.2, 0.25) is 0 Å². The molecule has 2 aromatic rings. The van der Waals surface area contributed by atoms with E-state index in [4.69, 9.17) is 12.2 Å². The van der Waals surface area contributed by atoms with Crippen molar-refractivity contribution in [1.29, 1.82) is 0 Å². The fourth-order valence-corrected chi connectivity index (χ4v) is 2.06. The third-order valence-corrected chi connectivity index (χ3v) is 3.05. The summed E-state index contributed by atoms with van der Waals surface area (Å²) in [4.78, 5) is 3.14. The van der Waals surface area contributed by atoms with E-state index in [-0.39, 0.29) is 5.41 Å². The first-order valence-electron chi connectivity index (χ1n) is 5.67. The number of nitrogens with one attached hydrogen (secondary N) is 2. The molecule has 1 aromatic heterocycles. The van der Waals surface area contributed by atoms with Crippen molar-refractivity contribution in [1.82, 2.24) is 10.1 Å². The number of aryl methyl sites for hydroxylation is 1. The summed E-state index contributed by atoms with van der Waals surface area (Å²) in [7, 11) is 1.94. The summed E-state index contributed by atoms with van der Waals surface area (Å²) < 4.78 is 2.54. The highest BCUT2D eigenvalue weighted by Gasteiger charge is 2.16. The van der Waals surface area contributed by atoms with Crippen LogP contribution in [0.3, 0.4) is 0 Å². The Labute approximate surface area is 106 Å². The van der Waals surface area contributed by atoms with Gasteiger partial charge in [-0.15, -0.1) is 0 Å². The van der Waals surface area contributed by atoms with Gasteiger partial charge in [-0.05, 0) is 35.3 Å². The van der Waals surface area contributed by atoms with E-state index in [1.807, 2.05) is 11.7 Å². The smallest absolute Gasteiger partial charge is 0.212 e. The van der Waals surface area contributed by atoms with E-state index in [0.29, 0.717) is 4.77 Å². The molecule has 90 valence electrons. The Morgan fingerprint density at radius 3 is 2.12 bits per heavy atom. The van der Waals surface area contributed by atoms with Crippen LogP contribution in [0, 0.1) is 4.77 Å². The first-order chi connectivity index (χ1) is 7.88. The van der Waals surface area contributed by atoms with E-state index in [2.05, 4.69) is 55.1 Å². The SMILES string of the molecule is C[n+]1[nH]c(=S)[nH]c1-c1ccc(C(C)(C)C)cc1. The molecule has 2 N–H and O–H groups in total. The lowest BCUT2D eigenvalue weighted by Crippen LogP contribution is -2.32. The topological polar surface area (TPSA) is 35.5 Å². The van der Waals surface area contributed by atoms with Gasteiger partial charge >= 0.3 is 5.82 Å². The molecule has 3 nitrogen and oxygen atoms in total. The Balaban J connectivity index is 2.43. The maximum atomic E-state index is 5.07. The molecular weight excluding hydrogens is 230 g/mol. The predicted molar refractivity (Wildman–Crippen MR) is 71.3 cm³/mol. The number of hydrogen-bond acceptors (Lipinski definition) is 1. The summed E-state index contributed by atoms with van der Waals surface area (Å²) in [6.45, 7) is 6.64. The summed E-state index contributed by atoms with van der Waals surface area (Å²) >= 11 is 5.07. The number of hydrogen-bond donors (Lipinski definition) is 2. The molecule has 0 aliphatic rings. The molecule has 4 heteroatoms. The van der Waals surface area contributed by atoms with Crippen LogP contribution in [0.5, 0.6) is 0 Å². The molecule has 1 heterocycles. The molecule has 0 saturated carbocycles. The molecule has 0 unspecified atom stereocenters. The van der Waals surface area contributed by atoms with Gasteiger partial charge in [0.05, 0.1) is 5.56 Å². The fourth-order valence-electron chi connectivity index (χ4n) is 1.82. The summed E-state index contributed by atoms with van der Waals surface area (Å²) in [5.74, 6) is 0.996. The van der Waals surface area contributed by atoms with Crippen molar-refractivity contribution in [3.63, 3.8) is 0 Å². The molecule has 0 amide bonds. The number of benzene rings is 1. The average Bonchev–Trinajstić information content (AvgIpc) is 2.57. The molecule has 0 aliphatic carbocycles. The molecule has 2 rings (SSSR count). The standard InChI is InChI=1S/C13H17N3S/c1-13(2,3)10-7-5-9(6-8-10)11-14-12(17)15-16(11)4/h5-8H,1-4H3,(H,15,17)/p+1. The van der Waals surface area contributed by atoms with Crippen LogP contribution in [-0.2, 0) is 12.5 Å². The second-order valence-electron chi connectivity index (χ2n) is 5.30. The lowest BCUT2D eigenvalue weighted by Gasteiger charge is -2.18. The van der Waals surface area contributed by atoms with Gasteiger partial charge in [-0.1, -0.05) is 32.9 Å². The molecule has 0 fully saturated rings. The van der Waals surface area contributed by atoms with Crippen molar-refractivity contribution >= 4 is 12.2 Å². The number of aromatic nitrogens is 3. The maximum Gasteiger partial charge on any atom is 0.307 e. The molecule has 1 aromatic carbocycles. The first-order valence-corrected chi connectivity index (χ1v) is 6.08. The van der Waals surface area contributed by atoms with Gasteiger partial charge in [0.1, 0.15) is 7.05 Å². The summed E-state index contributed by atoms with van der Waals surface area (Å²) in [5, 5.41) is 3.03. The van der Waals surface area contributed by atoms with Gasteiger partial charge in [0.25, 0.3) is 4.77 Å². The van der Waals surface area contributed by atoms with E-state index in [1.165, 1.54) is 5.56 Å². The Bertz CT molecular complexity index is 570. The molecule has 0 bridgehead atoms. The molecule has 17 heavy (non-hydrogen) atoms. The minimum Gasteiger partial charge on any atom is -0.212 e. The van der Waals surface area contributed by atoms with E-state index in [1.54, 1.807) is 0 Å². The third-order valence-electron chi connectivity index (χ3n) is 2.86. The molecule has 0 spiro atoms. The normalized spacial score (nSPS) is 11.8. The largest absolute Gasteiger partial charge is 0.307 e. The molecular formula is C13H18N3S+. The van der Waals surface area contributed by atoms with E-state index < -0.39 is 0 Å². The van der Waals surface area contributed by atoms with E-state index in [0.717, 1.165) is 11.4 Å². The Morgan fingerprint density at radius 2 is 1.71 bits per heavy atom. The summed E-state index contributed by atoms with van der Waals surface area (Å²) in [5.41, 5.74) is 2.65. The second-order valence-corrected chi connectivity index (χ2v) is 5.71. The number of rotatable bonds is 1. The molecule has 0 radical (unpaired) electrons. The number of H-pyrrole nitrogens is 2. The van der Waals surface area contributed by atoms with Gasteiger partial charge in [0.15, 0.2) is 0 Å². The van der Waals surface area contributed by atoms with Crippen molar-refractivity contribution < 1.29 is 4.68 Å². The highest BCUT2D eigenvalue weighted by Crippen LogP contribution is 2.24. The van der Waals surface area contributed by atoms with E-state index in [9.17, 15) is 0 Å². The van der Waals surface area contributed by atoms with E-state index >= 15 is 0 Å². The van der Waals surface area contributed by atoms with Crippen LogP contribution in [-0.4, -0.2) is 10.1 Å². The monoisotopic (exact) mass is 248 g/mol. The van der Waals surface area contributed by atoms with Gasteiger partial charge in [-0.25, -0.2) is 4.98 Å². The van der Waals surface area contributed by atoms with Crippen molar-refractivity contribution in [3.8, 4) is 11.4 Å². The lowest BCUT2D eigenvalue weighted by atomic mass is 9.87. The summed E-state index contributed by atoms with van der Waals surface area (Å²) in [6.07, 6.45) is 0. The van der Waals surface area contributed by atoms with Gasteiger partial charge in [0, 0.05) is 0 Å². The second kappa shape index (κ2) is 4.11. The molecule has 0 saturated heterocycles. The lowest BCUT2D eigenvalue weighted by molar-refractivity contribution is -0.717. The average molecular weight is 248 g/mol. The zero-order valence-corrected chi connectivity index (χ0v) is 11.5. The van der Waals surface area contributed by atoms with Crippen LogP contribution < -0.4 is 4.68 Å². The predicted octanol–water partition coefficient (Wildman–Crippen LogP) is 2.86. The molecule has 0 aliphatic heterocycles. The minimum atomic E-state index is 0.186. The number of aromatic amines is 2. The fraction of sp³-hybridized carbons (Fsp3) is 0.385. The van der Waals surface area contributed by atoms with Crippen LogP contribution >= 0.6 is 12.2 Å². The van der Waals surface area contributed by atoms with Crippen molar-refractivity contribution in [2.75, 3.05) is 0 Å². The van der Waals surface area contributed by atoms with Gasteiger partial charge in [0.2, 0.25) is 0 Å². The maximum absolute atomic E-state index is 5.07. The molecule has 0 atom stereocenters. The summed E-state index contributed by atoms with van der Waals surface area (Å²) in [6, 6.07) is 8.57. The zero-order chi connectivity index (χ0) is 12.6. The van der Waals surface area contributed by atoms with Crippen molar-refractivity contribution in [3.05, 3.63) is 34.6 Å². The minimum absolute atomic E-state index is 0.186. The zero-order valence-electron chi connectivity index (χ0n) is 10.7. The third kappa shape index (κ3) is 2.47. The van der Waals surface area contributed by atoms with Crippen molar-refractivity contribution in [2.45, 2.75) is 26.2 Å². The first kappa shape index (κ1) is 12.0. The van der Waals surface area contributed by atoms with Gasteiger partial charge in [-0.2, -0.15) is 9.78 Å². The number of nitrogens with zero attached hydrogens (tertiary/aromatic N) is 1. The highest BCUT2D eigenvalue weighted by molar-refractivity contribution is 7.71. The Morgan fingerprint density at radius 1 is 1.12 bits per heavy atom.